The molecule has 0 amide bonds. The van der Waals surface area contributed by atoms with Crippen molar-refractivity contribution >= 4 is 5.82 Å². The van der Waals surface area contributed by atoms with Gasteiger partial charge in [0.15, 0.2) is 5.82 Å². The minimum atomic E-state index is 0.940. The molecule has 0 atom stereocenters. The van der Waals surface area contributed by atoms with Crippen molar-refractivity contribution in [1.82, 2.24) is 4.98 Å². The van der Waals surface area contributed by atoms with Crippen molar-refractivity contribution in [3.05, 3.63) is 30.9 Å². The normalized spacial score (nSPS) is 9.56. The van der Waals surface area contributed by atoms with Gasteiger partial charge >= 0.3 is 0 Å². The fourth-order valence-electron chi connectivity index (χ4n) is 0.678. The Kier molecular flexibility index (Phi) is 1.80. The maximum absolute atomic E-state index is 4.17. The molecule has 9 heavy (non-hydrogen) atoms. The third-order valence-electron chi connectivity index (χ3n) is 1.12. The van der Waals surface area contributed by atoms with Gasteiger partial charge in [0.1, 0.15) is 0 Å². The Balaban J connectivity index is 2.94. The first-order chi connectivity index (χ1) is 4.33. The van der Waals surface area contributed by atoms with E-state index in [9.17, 15) is 0 Å². The lowest BCUT2D eigenvalue weighted by Gasteiger charge is -1.96. The average molecular weight is 122 g/mol. The van der Waals surface area contributed by atoms with E-state index in [0.717, 1.165) is 11.5 Å². The molecule has 1 rings (SSSR count). The summed E-state index contributed by atoms with van der Waals surface area (Å²) in [6.07, 6.45) is 0. The van der Waals surface area contributed by atoms with Gasteiger partial charge in [0.05, 0.1) is 0 Å². The number of nitrogens with two attached hydrogens (primary N) is 1. The van der Waals surface area contributed by atoms with Crippen molar-refractivity contribution < 1.29 is 5.32 Å². The SMILES string of the molecule is [CH2-][NH2+]c1cccc(C)n1. The third kappa shape index (κ3) is 1.50. The number of aromatic nitrogens is 1. The molecule has 0 fully saturated rings. The topological polar surface area (TPSA) is 29.5 Å². The first kappa shape index (κ1) is 6.23. The van der Waals surface area contributed by atoms with Gasteiger partial charge in [0.2, 0.25) is 0 Å². The molecular weight excluding hydrogens is 112 g/mol. The second kappa shape index (κ2) is 2.60. The highest BCUT2D eigenvalue weighted by molar-refractivity contribution is 5.19. The lowest BCUT2D eigenvalue weighted by atomic mass is 10.4. The van der Waals surface area contributed by atoms with Crippen molar-refractivity contribution in [2.75, 3.05) is 0 Å². The van der Waals surface area contributed by atoms with E-state index in [1.807, 2.05) is 25.1 Å². The van der Waals surface area contributed by atoms with Crippen LogP contribution in [0.25, 0.3) is 0 Å². The van der Waals surface area contributed by atoms with Crippen molar-refractivity contribution in [3.8, 4) is 0 Å². The number of quaternary nitrogens is 1. The molecule has 2 heteroatoms. The first-order valence-corrected chi connectivity index (χ1v) is 2.89. The number of hydrogen-bond acceptors (Lipinski definition) is 1. The zero-order chi connectivity index (χ0) is 6.69. The van der Waals surface area contributed by atoms with Crippen LogP contribution >= 0.6 is 0 Å². The molecule has 0 aliphatic heterocycles. The van der Waals surface area contributed by atoms with Gasteiger partial charge in [-0.15, -0.1) is 7.05 Å². The summed E-state index contributed by atoms with van der Waals surface area (Å²) in [5.74, 6) is 0.940. The van der Waals surface area contributed by atoms with Crippen molar-refractivity contribution in [1.29, 1.82) is 0 Å². The molecule has 0 saturated heterocycles. The van der Waals surface area contributed by atoms with Crippen LogP contribution in [0.4, 0.5) is 5.82 Å². The van der Waals surface area contributed by atoms with Crippen molar-refractivity contribution in [3.63, 3.8) is 0 Å². The molecule has 1 heterocycles. The minimum absolute atomic E-state index is 0.940. The van der Waals surface area contributed by atoms with Gasteiger partial charge in [0, 0.05) is 11.8 Å². The van der Waals surface area contributed by atoms with Crippen LogP contribution in [-0.2, 0) is 0 Å². The second-order valence-electron chi connectivity index (χ2n) is 1.91. The van der Waals surface area contributed by atoms with Crippen LogP contribution in [-0.4, -0.2) is 4.98 Å². The average Bonchev–Trinajstić information content (AvgIpc) is 1.88. The Labute approximate surface area is 54.9 Å². The molecule has 2 nitrogen and oxygen atoms in total. The fraction of sp³-hybridized carbons (Fsp3) is 0.143. The smallest absolute Gasteiger partial charge is 0.197 e. The Morgan fingerprint density at radius 3 is 2.78 bits per heavy atom. The van der Waals surface area contributed by atoms with Crippen LogP contribution in [0.2, 0.25) is 0 Å². The van der Waals surface area contributed by atoms with E-state index in [0.29, 0.717) is 0 Å². The van der Waals surface area contributed by atoms with E-state index < -0.39 is 0 Å². The quantitative estimate of drug-likeness (QED) is 0.536. The molecule has 0 radical (unpaired) electrons. The van der Waals surface area contributed by atoms with Crippen LogP contribution < -0.4 is 5.32 Å². The summed E-state index contributed by atoms with van der Waals surface area (Å²) >= 11 is 0. The third-order valence-corrected chi connectivity index (χ3v) is 1.12. The highest BCUT2D eigenvalue weighted by Gasteiger charge is 1.88. The van der Waals surface area contributed by atoms with Crippen LogP contribution in [0.1, 0.15) is 5.69 Å². The van der Waals surface area contributed by atoms with Crippen molar-refractivity contribution in [2.24, 2.45) is 0 Å². The van der Waals surface area contributed by atoms with Gasteiger partial charge in [-0.25, -0.2) is 4.98 Å². The summed E-state index contributed by atoms with van der Waals surface area (Å²) < 4.78 is 0. The monoisotopic (exact) mass is 122 g/mol. The summed E-state index contributed by atoms with van der Waals surface area (Å²) in [6.45, 7) is 1.97. The van der Waals surface area contributed by atoms with Crippen LogP contribution in [0.5, 0.6) is 0 Å². The molecule has 0 bridgehead atoms. The highest BCUT2D eigenvalue weighted by atomic mass is 15.0. The minimum Gasteiger partial charge on any atom is -0.429 e. The highest BCUT2D eigenvalue weighted by Crippen LogP contribution is 1.95. The van der Waals surface area contributed by atoms with Gasteiger partial charge in [0.25, 0.3) is 0 Å². The Hall–Kier alpha value is -0.890. The Morgan fingerprint density at radius 1 is 1.56 bits per heavy atom. The molecule has 48 valence electrons. The summed E-state index contributed by atoms with van der Waals surface area (Å²) in [7, 11) is 3.61. The van der Waals surface area contributed by atoms with E-state index in [-0.39, 0.29) is 0 Å². The summed E-state index contributed by atoms with van der Waals surface area (Å²) in [4.78, 5) is 4.17. The number of aryl methyl sites for hydroxylation is 1. The number of pyridine rings is 1. The Bertz CT molecular complexity index is 196. The molecule has 2 N–H and O–H groups in total. The molecule has 1 aromatic rings. The molecule has 0 spiro atoms. The fourth-order valence-corrected chi connectivity index (χ4v) is 0.678. The first-order valence-electron chi connectivity index (χ1n) is 2.89. The lowest BCUT2D eigenvalue weighted by Crippen LogP contribution is -2.70. The zero-order valence-electron chi connectivity index (χ0n) is 5.46. The number of hydrogen-bond donors (Lipinski definition) is 1. The largest absolute Gasteiger partial charge is 0.429 e. The van der Waals surface area contributed by atoms with Crippen LogP contribution in [0.3, 0.4) is 0 Å². The predicted octanol–water partition coefficient (Wildman–Crippen LogP) is 0.377. The summed E-state index contributed by atoms with van der Waals surface area (Å²) in [5, 5.41) is 1.74. The van der Waals surface area contributed by atoms with Crippen LogP contribution in [0.15, 0.2) is 18.2 Å². The van der Waals surface area contributed by atoms with E-state index >= 15 is 0 Å². The molecule has 0 aliphatic carbocycles. The lowest BCUT2D eigenvalue weighted by molar-refractivity contribution is -0.508. The molecular formula is C7H10N2. The van der Waals surface area contributed by atoms with Crippen molar-refractivity contribution in [2.45, 2.75) is 6.92 Å². The molecule has 0 saturated carbocycles. The number of nitrogens with zero attached hydrogens (tertiary/aromatic N) is 1. The maximum Gasteiger partial charge on any atom is 0.197 e. The van der Waals surface area contributed by atoms with Gasteiger partial charge < -0.3 is 5.32 Å². The number of rotatable bonds is 1. The van der Waals surface area contributed by atoms with E-state index in [1.54, 1.807) is 5.32 Å². The van der Waals surface area contributed by atoms with E-state index in [1.165, 1.54) is 0 Å². The summed E-state index contributed by atoms with van der Waals surface area (Å²) in [5.41, 5.74) is 1.03. The van der Waals surface area contributed by atoms with Gasteiger partial charge in [-0.05, 0) is 13.0 Å². The van der Waals surface area contributed by atoms with Gasteiger partial charge in [-0.3, -0.25) is 0 Å². The Morgan fingerprint density at radius 2 is 2.33 bits per heavy atom. The standard InChI is InChI=1S/C7H10N2/c1-6-4-3-5-7(8-2)9-6/h3-5H,2,8H2,1H3. The zero-order valence-corrected chi connectivity index (χ0v) is 5.46. The van der Waals surface area contributed by atoms with E-state index in [2.05, 4.69) is 12.0 Å². The predicted molar refractivity (Wildman–Crippen MR) is 35.9 cm³/mol. The van der Waals surface area contributed by atoms with Gasteiger partial charge in [-0.1, -0.05) is 6.07 Å². The maximum atomic E-state index is 4.17. The second-order valence-corrected chi connectivity index (χ2v) is 1.91. The van der Waals surface area contributed by atoms with Crippen LogP contribution in [0, 0.1) is 14.0 Å². The summed E-state index contributed by atoms with van der Waals surface area (Å²) in [6, 6.07) is 5.87. The molecule has 0 unspecified atom stereocenters. The molecule has 1 aromatic heterocycles. The molecule has 0 aromatic carbocycles. The van der Waals surface area contributed by atoms with E-state index in [4.69, 9.17) is 0 Å². The van der Waals surface area contributed by atoms with Gasteiger partial charge in [-0.2, -0.15) is 0 Å². The molecule has 0 aliphatic rings.